The first-order chi connectivity index (χ1) is 7.17. The molecule has 9 heteroatoms. The van der Waals surface area contributed by atoms with E-state index in [4.69, 9.17) is 0 Å². The van der Waals surface area contributed by atoms with Crippen LogP contribution in [0.4, 0.5) is 13.4 Å². The molecule has 0 aromatic rings. The number of hydrogen-bond acceptors (Lipinski definition) is 5. The number of halogens is 3. The largest absolute Gasteiger partial charge is 0.708 e. The van der Waals surface area contributed by atoms with Gasteiger partial charge in [0.2, 0.25) is 6.48 Å². The molecule has 0 amide bonds. The van der Waals surface area contributed by atoms with Gasteiger partial charge in [-0.05, 0) is 7.05 Å². The molecule has 1 aliphatic rings. The van der Waals surface area contributed by atoms with Crippen LogP contribution in [0.2, 0.25) is 0 Å². The van der Waals surface area contributed by atoms with Crippen LogP contribution in [0.3, 0.4) is 0 Å². The summed E-state index contributed by atoms with van der Waals surface area (Å²) in [4.78, 5) is 9.05. The second kappa shape index (κ2) is 6.28. The Bertz CT molecular complexity index is 181. The minimum absolute atomic E-state index is 0.406. The third-order valence-corrected chi connectivity index (χ3v) is 2.19. The monoisotopic (exact) mass is 228 g/mol. The van der Waals surface area contributed by atoms with Crippen molar-refractivity contribution in [2.24, 2.45) is 0 Å². The third-order valence-electron chi connectivity index (χ3n) is 2.19. The molecular formula is C6H12BF3N2O3. The Morgan fingerprint density at radius 1 is 1.13 bits per heavy atom. The van der Waals surface area contributed by atoms with Gasteiger partial charge >= 0.3 is 7.32 Å². The van der Waals surface area contributed by atoms with Crippen LogP contribution in [-0.2, 0) is 14.4 Å². The van der Waals surface area contributed by atoms with Crippen molar-refractivity contribution < 1.29 is 27.8 Å². The van der Waals surface area contributed by atoms with Gasteiger partial charge in [-0.3, -0.25) is 0 Å². The van der Waals surface area contributed by atoms with Crippen LogP contribution in [0.15, 0.2) is 0 Å². The third kappa shape index (κ3) is 3.96. The second-order valence-electron chi connectivity index (χ2n) is 3.23. The van der Waals surface area contributed by atoms with E-state index in [0.29, 0.717) is 26.2 Å². The lowest BCUT2D eigenvalue weighted by Gasteiger charge is -2.33. The van der Waals surface area contributed by atoms with E-state index >= 15 is 0 Å². The molecule has 1 saturated heterocycles. The first-order valence-electron chi connectivity index (χ1n) is 4.44. The minimum atomic E-state index is -2.28. The fraction of sp³-hybridized carbons (Fsp3) is 1.00. The number of alkyl halides is 1. The highest BCUT2D eigenvalue weighted by Gasteiger charge is 2.32. The van der Waals surface area contributed by atoms with Crippen molar-refractivity contribution in [2.75, 3.05) is 33.2 Å². The Labute approximate surface area is 85.6 Å². The molecule has 0 bridgehead atoms. The molecule has 15 heavy (non-hydrogen) atoms. The summed E-state index contributed by atoms with van der Waals surface area (Å²) in [7, 11) is -0.386. The van der Waals surface area contributed by atoms with E-state index in [1.165, 1.54) is 4.90 Å². The molecule has 0 aromatic heterocycles. The first-order valence-corrected chi connectivity index (χ1v) is 4.44. The van der Waals surface area contributed by atoms with E-state index in [1.807, 2.05) is 11.9 Å². The Hall–Kier alpha value is -0.345. The lowest BCUT2D eigenvalue weighted by molar-refractivity contribution is -0.188. The van der Waals surface area contributed by atoms with Gasteiger partial charge in [0, 0.05) is 26.2 Å². The molecule has 0 aromatic carbocycles. The average Bonchev–Trinajstić information content (AvgIpc) is 2.26. The van der Waals surface area contributed by atoms with Gasteiger partial charge in [0.05, 0.1) is 0 Å². The Morgan fingerprint density at radius 3 is 2.13 bits per heavy atom. The molecule has 0 aliphatic carbocycles. The van der Waals surface area contributed by atoms with Crippen molar-refractivity contribution in [1.82, 2.24) is 9.80 Å². The quantitative estimate of drug-likeness (QED) is 0.499. The number of nitrogens with zero attached hydrogens (tertiary/aromatic N) is 2. The highest BCUT2D eigenvalue weighted by Crippen LogP contribution is 2.10. The molecule has 5 nitrogen and oxygen atoms in total. The molecule has 0 saturated carbocycles. The summed E-state index contributed by atoms with van der Waals surface area (Å²) in [5.41, 5.74) is 0. The van der Waals surface area contributed by atoms with Gasteiger partial charge in [-0.1, -0.05) is 9.05 Å². The van der Waals surface area contributed by atoms with Crippen molar-refractivity contribution in [3.63, 3.8) is 0 Å². The zero-order valence-corrected chi connectivity index (χ0v) is 8.24. The van der Waals surface area contributed by atoms with Gasteiger partial charge < -0.3 is 9.55 Å². The first kappa shape index (κ1) is 12.7. The fourth-order valence-electron chi connectivity index (χ4n) is 1.26. The van der Waals surface area contributed by atoms with Crippen molar-refractivity contribution in [3.8, 4) is 0 Å². The number of likely N-dealkylation sites (N-methyl/N-ethyl adjacent to an activating group) is 1. The van der Waals surface area contributed by atoms with E-state index in [-0.39, 0.29) is 0 Å². The van der Waals surface area contributed by atoms with Crippen LogP contribution in [0.1, 0.15) is 0 Å². The molecule has 0 radical (unpaired) electrons. The van der Waals surface area contributed by atoms with Gasteiger partial charge in [-0.25, -0.2) is 4.90 Å². The van der Waals surface area contributed by atoms with Crippen molar-refractivity contribution >= 4 is 7.32 Å². The molecule has 0 N–H and O–H groups in total. The molecular weight excluding hydrogens is 216 g/mol. The van der Waals surface area contributed by atoms with Gasteiger partial charge in [0.25, 0.3) is 0 Å². The second-order valence-corrected chi connectivity index (χ2v) is 3.23. The summed E-state index contributed by atoms with van der Waals surface area (Å²) in [6.07, 6.45) is 0. The van der Waals surface area contributed by atoms with Crippen LogP contribution >= 0.6 is 0 Å². The summed E-state index contributed by atoms with van der Waals surface area (Å²) < 4.78 is 40.3. The smallest absolute Gasteiger partial charge is 0.340 e. The summed E-state index contributed by atoms with van der Waals surface area (Å²) in [6.45, 7) is 0.171. The van der Waals surface area contributed by atoms with Gasteiger partial charge in [-0.2, -0.15) is 14.1 Å². The van der Waals surface area contributed by atoms with Gasteiger partial charge in [-0.15, -0.1) is 0 Å². The van der Waals surface area contributed by atoms with E-state index in [1.54, 1.807) is 0 Å². The van der Waals surface area contributed by atoms with Crippen molar-refractivity contribution in [2.45, 2.75) is 6.48 Å². The number of rotatable bonds is 5. The zero-order valence-electron chi connectivity index (χ0n) is 8.24. The number of hydrogen-bond donors (Lipinski definition) is 0. The predicted molar refractivity (Wildman–Crippen MR) is 45.2 cm³/mol. The van der Waals surface area contributed by atoms with Gasteiger partial charge in [0.15, 0.2) is 0 Å². The standard InChI is InChI=1S/C6H12BF3N2O3/c1-11-2-4-12(5-3-11)6(8)13-7(14-9)15-10/h6H,2-5H2,1H3. The molecule has 1 rings (SSSR count). The summed E-state index contributed by atoms with van der Waals surface area (Å²) >= 11 is 0. The number of piperazine rings is 1. The average molecular weight is 228 g/mol. The summed E-state index contributed by atoms with van der Waals surface area (Å²) in [6, 6.07) is 0. The molecule has 1 aliphatic heterocycles. The van der Waals surface area contributed by atoms with Crippen LogP contribution in [-0.4, -0.2) is 56.8 Å². The zero-order chi connectivity index (χ0) is 11.3. The maximum Gasteiger partial charge on any atom is 0.708 e. The molecule has 1 unspecified atom stereocenters. The van der Waals surface area contributed by atoms with E-state index in [9.17, 15) is 13.4 Å². The predicted octanol–water partition coefficient (Wildman–Crippen LogP) is 0.291. The molecule has 1 fully saturated rings. The van der Waals surface area contributed by atoms with Crippen LogP contribution < -0.4 is 0 Å². The highest BCUT2D eigenvalue weighted by molar-refractivity contribution is 6.35. The van der Waals surface area contributed by atoms with Crippen LogP contribution in [0.5, 0.6) is 0 Å². The topological polar surface area (TPSA) is 34.2 Å². The van der Waals surface area contributed by atoms with Gasteiger partial charge in [0.1, 0.15) is 0 Å². The van der Waals surface area contributed by atoms with Crippen LogP contribution in [0.25, 0.3) is 0 Å². The van der Waals surface area contributed by atoms with E-state index in [2.05, 4.69) is 14.4 Å². The summed E-state index contributed by atoms with van der Waals surface area (Å²) in [5.74, 6) is 0. The lowest BCUT2D eigenvalue weighted by Crippen LogP contribution is -2.49. The Morgan fingerprint density at radius 2 is 1.67 bits per heavy atom. The molecule has 88 valence electrons. The lowest BCUT2D eigenvalue weighted by atomic mass is 10.2. The highest BCUT2D eigenvalue weighted by atomic mass is 19.3. The van der Waals surface area contributed by atoms with Crippen molar-refractivity contribution in [3.05, 3.63) is 0 Å². The minimum Gasteiger partial charge on any atom is -0.340 e. The maximum atomic E-state index is 13.2. The summed E-state index contributed by atoms with van der Waals surface area (Å²) in [5, 5.41) is 0. The molecule has 1 atom stereocenters. The normalized spacial score (nSPS) is 21.6. The SMILES string of the molecule is CN1CCN(C(F)OB(OF)OF)CC1. The molecule has 0 spiro atoms. The van der Waals surface area contributed by atoms with E-state index < -0.39 is 13.8 Å². The Kier molecular flexibility index (Phi) is 5.33. The Balaban J connectivity index is 2.30. The van der Waals surface area contributed by atoms with Crippen LogP contribution in [0, 0.1) is 0 Å². The van der Waals surface area contributed by atoms with E-state index in [0.717, 1.165) is 0 Å². The maximum absolute atomic E-state index is 13.2. The molecule has 1 heterocycles. The fourth-order valence-corrected chi connectivity index (χ4v) is 1.26. The van der Waals surface area contributed by atoms with Crippen molar-refractivity contribution in [1.29, 1.82) is 0 Å².